The third-order valence-corrected chi connectivity index (χ3v) is 11.8. The molecule has 262 valence electrons. The molecule has 0 aliphatic rings. The summed E-state index contributed by atoms with van der Waals surface area (Å²) >= 11 is 1.86. The summed E-state index contributed by atoms with van der Waals surface area (Å²) in [6, 6.07) is 65.5. The lowest BCUT2D eigenvalue weighted by molar-refractivity contribution is 0.670. The molecular formula is C51H31N3OS. The SMILES string of the molecule is c1ccc(-c2nc(-c3ccccc3)nc(-c3cccc(-c4ccc(-c5cccc6c5sc5c(-c7ccccc7)cccc56)c5oc6ccccc6c45)c3)n2)cc1. The van der Waals surface area contributed by atoms with Crippen LogP contribution in [0.2, 0.25) is 0 Å². The molecule has 0 aliphatic heterocycles. The molecule has 0 radical (unpaired) electrons. The predicted octanol–water partition coefficient (Wildman–Crippen LogP) is 14.1. The maximum absolute atomic E-state index is 6.83. The normalized spacial score (nSPS) is 11.6. The van der Waals surface area contributed by atoms with Crippen molar-refractivity contribution < 1.29 is 4.42 Å². The van der Waals surface area contributed by atoms with Gasteiger partial charge in [-0.25, -0.2) is 15.0 Å². The Morgan fingerprint density at radius 2 is 0.821 bits per heavy atom. The smallest absolute Gasteiger partial charge is 0.164 e. The van der Waals surface area contributed by atoms with Gasteiger partial charge >= 0.3 is 0 Å². The first-order valence-electron chi connectivity index (χ1n) is 18.7. The fourth-order valence-corrected chi connectivity index (χ4v) is 9.29. The number of nitrogens with zero attached hydrogens (tertiary/aromatic N) is 3. The Morgan fingerprint density at radius 1 is 0.339 bits per heavy atom. The number of hydrogen-bond donors (Lipinski definition) is 0. The van der Waals surface area contributed by atoms with E-state index in [1.54, 1.807) is 0 Å². The van der Waals surface area contributed by atoms with Crippen LogP contribution in [-0.4, -0.2) is 15.0 Å². The Balaban J connectivity index is 1.09. The first-order chi connectivity index (χ1) is 27.8. The highest BCUT2D eigenvalue weighted by Gasteiger charge is 2.21. The number of aromatic nitrogens is 3. The number of fused-ring (bicyclic) bond motifs is 6. The Bertz CT molecular complexity index is 3180. The van der Waals surface area contributed by atoms with Crippen LogP contribution in [0.4, 0.5) is 0 Å². The second-order valence-corrected chi connectivity index (χ2v) is 14.9. The van der Waals surface area contributed by atoms with E-state index in [2.05, 4.69) is 121 Å². The minimum absolute atomic E-state index is 0.621. The van der Waals surface area contributed by atoms with E-state index in [1.807, 2.05) is 78.1 Å². The van der Waals surface area contributed by atoms with Crippen molar-refractivity contribution in [3.63, 3.8) is 0 Å². The Labute approximate surface area is 327 Å². The van der Waals surface area contributed by atoms with Crippen LogP contribution in [0.3, 0.4) is 0 Å². The topological polar surface area (TPSA) is 51.8 Å². The molecule has 11 aromatic rings. The van der Waals surface area contributed by atoms with Gasteiger partial charge in [0.1, 0.15) is 11.2 Å². The molecule has 0 fully saturated rings. The quantitative estimate of drug-likeness (QED) is 0.171. The van der Waals surface area contributed by atoms with Gasteiger partial charge in [-0.1, -0.05) is 170 Å². The van der Waals surface area contributed by atoms with E-state index in [0.29, 0.717) is 17.5 Å². The summed E-state index contributed by atoms with van der Waals surface area (Å²) in [7, 11) is 0. The fraction of sp³-hybridized carbons (Fsp3) is 0. The first kappa shape index (κ1) is 32.2. The highest BCUT2D eigenvalue weighted by atomic mass is 32.1. The largest absolute Gasteiger partial charge is 0.455 e. The van der Waals surface area contributed by atoms with E-state index in [4.69, 9.17) is 19.4 Å². The molecule has 0 aliphatic carbocycles. The third kappa shape index (κ3) is 5.40. The minimum Gasteiger partial charge on any atom is -0.455 e. The first-order valence-corrected chi connectivity index (χ1v) is 19.5. The molecule has 11 rings (SSSR count). The number of rotatable bonds is 6. The molecule has 8 aromatic carbocycles. The lowest BCUT2D eigenvalue weighted by Gasteiger charge is -2.11. The molecule has 0 saturated carbocycles. The van der Waals surface area contributed by atoms with E-state index in [-0.39, 0.29) is 0 Å². The second kappa shape index (κ2) is 13.3. The fourth-order valence-electron chi connectivity index (χ4n) is 7.92. The Kier molecular flexibility index (Phi) is 7.64. The van der Waals surface area contributed by atoms with Crippen LogP contribution in [-0.2, 0) is 0 Å². The van der Waals surface area contributed by atoms with Crippen LogP contribution in [0.15, 0.2) is 192 Å². The van der Waals surface area contributed by atoms with Gasteiger partial charge in [0.05, 0.1) is 0 Å². The highest BCUT2D eigenvalue weighted by molar-refractivity contribution is 7.26. The summed E-state index contributed by atoms with van der Waals surface area (Å²) in [4.78, 5) is 15.0. The summed E-state index contributed by atoms with van der Waals surface area (Å²) in [5, 5.41) is 4.69. The summed E-state index contributed by atoms with van der Waals surface area (Å²) < 4.78 is 9.37. The molecule has 5 heteroatoms. The van der Waals surface area contributed by atoms with Gasteiger partial charge in [-0.2, -0.15) is 0 Å². The minimum atomic E-state index is 0.621. The van der Waals surface area contributed by atoms with Gasteiger partial charge in [-0.3, -0.25) is 0 Å². The average molecular weight is 734 g/mol. The molecule has 0 amide bonds. The van der Waals surface area contributed by atoms with Crippen molar-refractivity contribution in [3.8, 4) is 67.5 Å². The van der Waals surface area contributed by atoms with Gasteiger partial charge in [-0.15, -0.1) is 11.3 Å². The van der Waals surface area contributed by atoms with E-state index < -0.39 is 0 Å². The molecule has 3 aromatic heterocycles. The van der Waals surface area contributed by atoms with Gasteiger partial charge in [0.15, 0.2) is 17.5 Å². The van der Waals surface area contributed by atoms with Crippen LogP contribution < -0.4 is 0 Å². The van der Waals surface area contributed by atoms with Crippen LogP contribution in [0, 0.1) is 0 Å². The van der Waals surface area contributed by atoms with Gasteiger partial charge in [0.2, 0.25) is 0 Å². The predicted molar refractivity (Wildman–Crippen MR) is 233 cm³/mol. The lowest BCUT2D eigenvalue weighted by Crippen LogP contribution is -2.00. The van der Waals surface area contributed by atoms with Gasteiger partial charge in [0.25, 0.3) is 0 Å². The van der Waals surface area contributed by atoms with Crippen molar-refractivity contribution >= 4 is 53.4 Å². The second-order valence-electron chi connectivity index (χ2n) is 13.9. The molecular weight excluding hydrogens is 703 g/mol. The number of furan rings is 1. The van der Waals surface area contributed by atoms with E-state index >= 15 is 0 Å². The molecule has 0 N–H and O–H groups in total. The maximum atomic E-state index is 6.83. The maximum Gasteiger partial charge on any atom is 0.164 e. The van der Waals surface area contributed by atoms with E-state index in [1.165, 1.54) is 36.9 Å². The van der Waals surface area contributed by atoms with E-state index in [0.717, 1.165) is 55.3 Å². The molecule has 0 bridgehead atoms. The number of thiophene rings is 1. The molecule has 4 nitrogen and oxygen atoms in total. The zero-order chi connectivity index (χ0) is 37.0. The Morgan fingerprint density at radius 3 is 1.50 bits per heavy atom. The summed E-state index contributed by atoms with van der Waals surface area (Å²) in [6.45, 7) is 0. The number of para-hydroxylation sites is 1. The van der Waals surface area contributed by atoms with Crippen LogP contribution >= 0.6 is 11.3 Å². The molecule has 0 unspecified atom stereocenters. The van der Waals surface area contributed by atoms with Crippen molar-refractivity contribution in [2.24, 2.45) is 0 Å². The monoisotopic (exact) mass is 733 g/mol. The zero-order valence-electron chi connectivity index (χ0n) is 30.1. The number of benzene rings is 8. The van der Waals surface area contributed by atoms with Gasteiger partial charge < -0.3 is 4.42 Å². The Hall–Kier alpha value is -7.21. The molecule has 3 heterocycles. The highest BCUT2D eigenvalue weighted by Crippen LogP contribution is 2.47. The summed E-state index contributed by atoms with van der Waals surface area (Å²) in [5.41, 5.74) is 11.4. The summed E-state index contributed by atoms with van der Waals surface area (Å²) in [6.07, 6.45) is 0. The molecule has 0 spiro atoms. The van der Waals surface area contributed by atoms with Crippen LogP contribution in [0.1, 0.15) is 0 Å². The van der Waals surface area contributed by atoms with Crippen molar-refractivity contribution in [1.29, 1.82) is 0 Å². The van der Waals surface area contributed by atoms with Crippen LogP contribution in [0.5, 0.6) is 0 Å². The van der Waals surface area contributed by atoms with Crippen molar-refractivity contribution in [1.82, 2.24) is 15.0 Å². The third-order valence-electron chi connectivity index (χ3n) is 10.6. The molecule has 56 heavy (non-hydrogen) atoms. The van der Waals surface area contributed by atoms with Crippen molar-refractivity contribution in [3.05, 3.63) is 188 Å². The van der Waals surface area contributed by atoms with Crippen molar-refractivity contribution in [2.45, 2.75) is 0 Å². The number of hydrogen-bond acceptors (Lipinski definition) is 5. The van der Waals surface area contributed by atoms with E-state index in [9.17, 15) is 0 Å². The summed E-state index contributed by atoms with van der Waals surface area (Å²) in [5.74, 6) is 1.90. The molecule has 0 saturated heterocycles. The zero-order valence-corrected chi connectivity index (χ0v) is 30.9. The standard InChI is InChI=1S/C51H31N3OS/c1-4-15-32(16-5-1)38-24-13-26-41-42-27-14-25-40(48(42)56-47(38)41)39-30-29-37(45-43-23-10-11-28-44(43)55-46(39)45)35-21-12-22-36(31-35)51-53-49(33-17-6-2-7-18-33)52-50(54-51)34-19-8-3-9-20-34/h1-31H. The average Bonchev–Trinajstić information content (AvgIpc) is 3.86. The van der Waals surface area contributed by atoms with Crippen LogP contribution in [0.25, 0.3) is 110 Å². The van der Waals surface area contributed by atoms with Crippen molar-refractivity contribution in [2.75, 3.05) is 0 Å². The lowest BCUT2D eigenvalue weighted by atomic mass is 9.93. The van der Waals surface area contributed by atoms with Gasteiger partial charge in [0, 0.05) is 58.8 Å². The van der Waals surface area contributed by atoms with Gasteiger partial charge in [-0.05, 0) is 40.5 Å². The molecule has 0 atom stereocenters.